The fourth-order valence-electron chi connectivity index (χ4n) is 2.41. The van der Waals surface area contributed by atoms with Gasteiger partial charge in [0.05, 0.1) is 23.8 Å². The molecule has 1 aliphatic heterocycles. The van der Waals surface area contributed by atoms with Crippen LogP contribution in [0.15, 0.2) is 33.4 Å². The summed E-state index contributed by atoms with van der Waals surface area (Å²) in [6.45, 7) is 0.766. The van der Waals surface area contributed by atoms with Crippen LogP contribution >= 0.6 is 15.9 Å². The summed E-state index contributed by atoms with van der Waals surface area (Å²) in [5, 5.41) is 3.41. The van der Waals surface area contributed by atoms with Gasteiger partial charge in [-0.25, -0.2) is 9.97 Å². The molecule has 19 heavy (non-hydrogen) atoms. The van der Waals surface area contributed by atoms with Crippen LogP contribution in [0.25, 0.3) is 11.1 Å². The van der Waals surface area contributed by atoms with Crippen LogP contribution in [0.2, 0.25) is 0 Å². The van der Waals surface area contributed by atoms with Gasteiger partial charge in [-0.15, -0.1) is 0 Å². The molecule has 5 nitrogen and oxygen atoms in total. The van der Waals surface area contributed by atoms with Crippen LogP contribution in [0.5, 0.6) is 0 Å². The average molecular weight is 319 g/mol. The lowest BCUT2D eigenvalue weighted by atomic mass is 10.1. The summed E-state index contributed by atoms with van der Waals surface area (Å²) in [6, 6.07) is 5.93. The highest BCUT2D eigenvalue weighted by atomic mass is 79.9. The van der Waals surface area contributed by atoms with Crippen LogP contribution in [0.4, 0.5) is 0 Å². The Morgan fingerprint density at radius 3 is 3.26 bits per heavy atom. The standard InChI is InChI=1S/C13H11BrN4O/c14-7-1-2-12-9(3-7)18-13(19-12)10-4-8-11(5-15-10)17-6-16-8/h1-3,6,10,15H,4-5H2,(H,16,17). The van der Waals surface area contributed by atoms with Gasteiger partial charge in [-0.05, 0) is 18.2 Å². The van der Waals surface area contributed by atoms with Gasteiger partial charge in [0.15, 0.2) is 5.58 Å². The van der Waals surface area contributed by atoms with Crippen LogP contribution in [0, 0.1) is 0 Å². The number of fused-ring (bicyclic) bond motifs is 2. The molecule has 0 radical (unpaired) electrons. The Morgan fingerprint density at radius 1 is 1.37 bits per heavy atom. The van der Waals surface area contributed by atoms with Crippen molar-refractivity contribution in [1.82, 2.24) is 20.3 Å². The van der Waals surface area contributed by atoms with Crippen molar-refractivity contribution in [3.63, 3.8) is 0 Å². The molecular weight excluding hydrogens is 308 g/mol. The summed E-state index contributed by atoms with van der Waals surface area (Å²) in [6.07, 6.45) is 2.53. The number of H-pyrrole nitrogens is 1. The first-order chi connectivity index (χ1) is 9.29. The highest BCUT2D eigenvalue weighted by Crippen LogP contribution is 2.27. The molecule has 0 bridgehead atoms. The number of aromatic amines is 1. The minimum Gasteiger partial charge on any atom is -0.439 e. The Bertz CT molecular complexity index is 748. The third kappa shape index (κ3) is 1.87. The Labute approximate surface area is 117 Å². The van der Waals surface area contributed by atoms with Gasteiger partial charge in [0, 0.05) is 17.4 Å². The van der Waals surface area contributed by atoms with Crippen LogP contribution in [0.1, 0.15) is 23.3 Å². The number of imidazole rings is 1. The lowest BCUT2D eigenvalue weighted by Crippen LogP contribution is -2.28. The van der Waals surface area contributed by atoms with E-state index in [1.54, 1.807) is 6.33 Å². The molecule has 1 atom stereocenters. The summed E-state index contributed by atoms with van der Waals surface area (Å²) in [5.41, 5.74) is 3.93. The van der Waals surface area contributed by atoms with Crippen molar-refractivity contribution < 1.29 is 4.42 Å². The minimum absolute atomic E-state index is 0.0852. The van der Waals surface area contributed by atoms with E-state index in [0.29, 0.717) is 0 Å². The first kappa shape index (κ1) is 11.2. The van der Waals surface area contributed by atoms with E-state index in [-0.39, 0.29) is 6.04 Å². The van der Waals surface area contributed by atoms with E-state index in [2.05, 4.69) is 36.2 Å². The average Bonchev–Trinajstić information content (AvgIpc) is 3.02. The van der Waals surface area contributed by atoms with Crippen molar-refractivity contribution in [2.45, 2.75) is 19.0 Å². The van der Waals surface area contributed by atoms with E-state index in [1.807, 2.05) is 18.2 Å². The topological polar surface area (TPSA) is 66.7 Å². The van der Waals surface area contributed by atoms with Crippen LogP contribution in [-0.2, 0) is 13.0 Å². The van der Waals surface area contributed by atoms with Crippen molar-refractivity contribution in [3.8, 4) is 0 Å². The molecule has 6 heteroatoms. The number of rotatable bonds is 1. The SMILES string of the molecule is Brc1ccc2oc(C3Cc4nc[nH]c4CN3)nc2c1. The lowest BCUT2D eigenvalue weighted by Gasteiger charge is -2.19. The number of halogens is 1. The van der Waals surface area contributed by atoms with Crippen molar-refractivity contribution in [2.75, 3.05) is 0 Å². The first-order valence-electron chi connectivity index (χ1n) is 6.10. The molecule has 0 fully saturated rings. The van der Waals surface area contributed by atoms with Crippen LogP contribution < -0.4 is 5.32 Å². The third-order valence-electron chi connectivity index (χ3n) is 3.39. The van der Waals surface area contributed by atoms with Gasteiger partial charge in [0.1, 0.15) is 5.52 Å². The molecule has 1 aromatic carbocycles. The Hall–Kier alpha value is -1.66. The second kappa shape index (κ2) is 4.18. The minimum atomic E-state index is 0.0852. The van der Waals surface area contributed by atoms with E-state index in [1.165, 1.54) is 0 Å². The molecule has 1 aliphatic rings. The number of nitrogens with zero attached hydrogens (tertiary/aromatic N) is 2. The molecule has 0 saturated carbocycles. The second-order valence-electron chi connectivity index (χ2n) is 4.63. The van der Waals surface area contributed by atoms with Gasteiger partial charge in [0.25, 0.3) is 0 Å². The summed E-state index contributed by atoms with van der Waals surface area (Å²) in [7, 11) is 0. The molecule has 3 aromatic rings. The third-order valence-corrected chi connectivity index (χ3v) is 3.89. The molecule has 0 aliphatic carbocycles. The molecule has 1 unspecified atom stereocenters. The monoisotopic (exact) mass is 318 g/mol. The Morgan fingerprint density at radius 2 is 2.32 bits per heavy atom. The van der Waals surface area contributed by atoms with Crippen LogP contribution in [-0.4, -0.2) is 15.0 Å². The quantitative estimate of drug-likeness (QED) is 0.724. The van der Waals surface area contributed by atoms with E-state index >= 15 is 0 Å². The second-order valence-corrected chi connectivity index (χ2v) is 5.55. The van der Waals surface area contributed by atoms with E-state index < -0.39 is 0 Å². The van der Waals surface area contributed by atoms with Crippen molar-refractivity contribution >= 4 is 27.0 Å². The molecule has 3 heterocycles. The zero-order valence-corrected chi connectivity index (χ0v) is 11.6. The highest BCUT2D eigenvalue weighted by molar-refractivity contribution is 9.10. The number of hydrogen-bond donors (Lipinski definition) is 2. The molecule has 0 saturated heterocycles. The van der Waals surface area contributed by atoms with Gasteiger partial charge < -0.3 is 9.40 Å². The highest BCUT2D eigenvalue weighted by Gasteiger charge is 2.25. The van der Waals surface area contributed by atoms with Crippen molar-refractivity contribution in [3.05, 3.63) is 46.3 Å². The molecule has 0 amide bonds. The maximum Gasteiger partial charge on any atom is 0.213 e. The maximum absolute atomic E-state index is 5.82. The number of nitrogens with one attached hydrogen (secondary N) is 2. The molecule has 4 rings (SSSR count). The molecule has 2 N–H and O–H groups in total. The fourth-order valence-corrected chi connectivity index (χ4v) is 2.76. The number of aromatic nitrogens is 3. The van der Waals surface area contributed by atoms with Gasteiger partial charge in [-0.3, -0.25) is 5.32 Å². The molecule has 0 spiro atoms. The van der Waals surface area contributed by atoms with E-state index in [4.69, 9.17) is 4.42 Å². The predicted molar refractivity (Wildman–Crippen MR) is 73.6 cm³/mol. The Balaban J connectivity index is 1.71. The van der Waals surface area contributed by atoms with Crippen molar-refractivity contribution in [2.24, 2.45) is 0 Å². The fraction of sp³-hybridized carbons (Fsp3) is 0.231. The zero-order chi connectivity index (χ0) is 12.8. The summed E-state index contributed by atoms with van der Waals surface area (Å²) >= 11 is 3.44. The van der Waals surface area contributed by atoms with Gasteiger partial charge in [-0.1, -0.05) is 15.9 Å². The van der Waals surface area contributed by atoms with Gasteiger partial charge >= 0.3 is 0 Å². The molecule has 2 aromatic heterocycles. The number of oxazole rings is 1. The first-order valence-corrected chi connectivity index (χ1v) is 6.89. The largest absolute Gasteiger partial charge is 0.439 e. The van der Waals surface area contributed by atoms with Crippen molar-refractivity contribution in [1.29, 1.82) is 0 Å². The lowest BCUT2D eigenvalue weighted by molar-refractivity contribution is 0.391. The molecule has 96 valence electrons. The summed E-state index contributed by atoms with van der Waals surface area (Å²) in [4.78, 5) is 12.0. The number of benzene rings is 1. The summed E-state index contributed by atoms with van der Waals surface area (Å²) in [5.74, 6) is 0.724. The molecular formula is C13H11BrN4O. The smallest absolute Gasteiger partial charge is 0.213 e. The van der Waals surface area contributed by atoms with E-state index in [0.717, 1.165) is 45.8 Å². The van der Waals surface area contributed by atoms with E-state index in [9.17, 15) is 0 Å². The summed E-state index contributed by atoms with van der Waals surface area (Å²) < 4.78 is 6.83. The Kier molecular flexibility index (Phi) is 2.46. The van der Waals surface area contributed by atoms with Crippen LogP contribution in [0.3, 0.4) is 0 Å². The maximum atomic E-state index is 5.82. The zero-order valence-electron chi connectivity index (χ0n) is 9.98. The normalized spacial score (nSPS) is 18.7. The predicted octanol–water partition coefficient (Wildman–Crippen LogP) is 2.70. The van der Waals surface area contributed by atoms with Gasteiger partial charge in [-0.2, -0.15) is 0 Å². The van der Waals surface area contributed by atoms with Gasteiger partial charge in [0.2, 0.25) is 5.89 Å². The number of hydrogen-bond acceptors (Lipinski definition) is 4.